The van der Waals surface area contributed by atoms with Crippen molar-refractivity contribution >= 4 is 5.91 Å². The maximum Gasteiger partial charge on any atom is 0.219 e. The fourth-order valence-electron chi connectivity index (χ4n) is 2.01. The molecule has 1 aliphatic rings. The number of rotatable bonds is 0. The Bertz CT molecular complexity index is 509. The summed E-state index contributed by atoms with van der Waals surface area (Å²) in [5.74, 6) is 0.231. The average molecular weight is 433 g/mol. The van der Waals surface area contributed by atoms with Crippen LogP contribution in [0.1, 0.15) is 87.0 Å². The van der Waals surface area contributed by atoms with Gasteiger partial charge in [0.1, 0.15) is 7.05 Å². The molecule has 3 heterocycles. The number of nitrogens with zero attached hydrogens (tertiary/aromatic N) is 3. The molecular formula is C27H50N3O+. The lowest BCUT2D eigenvalue weighted by molar-refractivity contribution is -0.671. The molecule has 3 rings (SSSR count). The van der Waals surface area contributed by atoms with Gasteiger partial charge in [0, 0.05) is 44.5 Å². The molecule has 1 fully saturated rings. The van der Waals surface area contributed by atoms with Gasteiger partial charge in [-0.25, -0.2) is 4.57 Å². The van der Waals surface area contributed by atoms with Gasteiger partial charge in [0.25, 0.3) is 0 Å². The predicted octanol–water partition coefficient (Wildman–Crippen LogP) is 6.86. The van der Waals surface area contributed by atoms with Crippen LogP contribution in [0.2, 0.25) is 0 Å². The van der Waals surface area contributed by atoms with Crippen molar-refractivity contribution in [2.45, 2.75) is 87.0 Å². The monoisotopic (exact) mass is 432 g/mol. The van der Waals surface area contributed by atoms with E-state index in [4.69, 9.17) is 0 Å². The first-order chi connectivity index (χ1) is 14.9. The number of aryl methyl sites for hydroxylation is 1. The van der Waals surface area contributed by atoms with Crippen LogP contribution >= 0.6 is 0 Å². The van der Waals surface area contributed by atoms with Crippen LogP contribution in [0.3, 0.4) is 0 Å². The summed E-state index contributed by atoms with van der Waals surface area (Å²) in [6.07, 6.45) is 14.9. The van der Waals surface area contributed by atoms with E-state index in [-0.39, 0.29) is 5.91 Å². The average Bonchev–Trinajstić information content (AvgIpc) is 2.79. The van der Waals surface area contributed by atoms with Gasteiger partial charge in [0.2, 0.25) is 5.91 Å². The van der Waals surface area contributed by atoms with Gasteiger partial charge in [-0.2, -0.15) is 0 Å². The molecule has 0 N–H and O–H groups in total. The number of hydrogen-bond acceptors (Lipinski definition) is 2. The van der Waals surface area contributed by atoms with Crippen molar-refractivity contribution in [3.8, 4) is 0 Å². The highest BCUT2D eigenvalue weighted by atomic mass is 16.2. The zero-order valence-corrected chi connectivity index (χ0v) is 21.7. The Hall–Kier alpha value is -2.23. The highest BCUT2D eigenvalue weighted by Crippen LogP contribution is 2.07. The van der Waals surface area contributed by atoms with Crippen LogP contribution in [0, 0.1) is 0 Å². The number of carbonyl (C=O) groups excluding carboxylic acids is 1. The Labute approximate surface area is 193 Å². The highest BCUT2D eigenvalue weighted by Gasteiger charge is 2.10. The maximum atomic E-state index is 10.7. The van der Waals surface area contributed by atoms with E-state index in [1.165, 1.54) is 38.5 Å². The van der Waals surface area contributed by atoms with E-state index in [1.54, 1.807) is 19.3 Å². The normalized spacial score (nSPS) is 11.0. The minimum Gasteiger partial charge on any atom is -0.343 e. The topological polar surface area (TPSA) is 37.1 Å². The van der Waals surface area contributed by atoms with Crippen molar-refractivity contribution in [2.24, 2.45) is 7.05 Å². The van der Waals surface area contributed by atoms with Crippen LogP contribution in [-0.4, -0.2) is 28.9 Å². The number of likely N-dealkylation sites (tertiary alicyclic amines) is 1. The van der Waals surface area contributed by atoms with Gasteiger partial charge in [-0.05, 0) is 31.4 Å². The molecule has 0 saturated carbocycles. The molecule has 0 radical (unpaired) electrons. The largest absolute Gasteiger partial charge is 0.343 e. The molecule has 0 aromatic carbocycles. The summed E-state index contributed by atoms with van der Waals surface area (Å²) in [7, 11) is 2.00. The molecule has 1 aliphatic heterocycles. The Morgan fingerprint density at radius 2 is 1.13 bits per heavy atom. The van der Waals surface area contributed by atoms with Gasteiger partial charge < -0.3 is 4.90 Å². The summed E-state index contributed by atoms with van der Waals surface area (Å²) >= 11 is 0. The minimum absolute atomic E-state index is 0.231. The SMILES string of the molecule is CC(=O)N1CCCCC1.CCC.CCC.CCC.C[n+]1ccccc1.c1ccncc1. The highest BCUT2D eigenvalue weighted by molar-refractivity contribution is 5.73. The molecule has 2 aromatic heterocycles. The van der Waals surface area contributed by atoms with Gasteiger partial charge >= 0.3 is 0 Å². The minimum atomic E-state index is 0.231. The van der Waals surface area contributed by atoms with Gasteiger partial charge in [-0.1, -0.05) is 72.9 Å². The zero-order chi connectivity index (χ0) is 24.2. The van der Waals surface area contributed by atoms with Crippen molar-refractivity contribution in [3.05, 3.63) is 61.2 Å². The number of amides is 1. The van der Waals surface area contributed by atoms with Crippen LogP contribution in [0.25, 0.3) is 0 Å². The van der Waals surface area contributed by atoms with E-state index < -0.39 is 0 Å². The molecule has 178 valence electrons. The van der Waals surface area contributed by atoms with Crippen molar-refractivity contribution in [3.63, 3.8) is 0 Å². The van der Waals surface area contributed by atoms with Crippen molar-refractivity contribution in [2.75, 3.05) is 13.1 Å². The van der Waals surface area contributed by atoms with E-state index >= 15 is 0 Å². The first-order valence-electron chi connectivity index (χ1n) is 11.9. The summed E-state index contributed by atoms with van der Waals surface area (Å²) in [4.78, 5) is 16.4. The number of aromatic nitrogens is 2. The summed E-state index contributed by atoms with van der Waals surface area (Å²) in [5, 5.41) is 0. The summed E-state index contributed by atoms with van der Waals surface area (Å²) in [5.41, 5.74) is 0. The Morgan fingerprint density at radius 3 is 1.32 bits per heavy atom. The molecule has 31 heavy (non-hydrogen) atoms. The standard InChI is InChI=1S/C7H13NO.C6H8N.C5H5N.3C3H8/c1-7(9)8-5-3-2-4-6-8;1-7-5-3-2-4-6-7;1-2-4-6-5-3-1;3*1-3-2/h2-6H2,1H3;2-6H,1H3;1-5H;3*3H2,1-2H3/q;+1;;;;. The quantitative estimate of drug-likeness (QED) is 0.426. The van der Waals surface area contributed by atoms with Gasteiger partial charge in [0.15, 0.2) is 12.4 Å². The molecule has 0 aliphatic carbocycles. The summed E-state index contributed by atoms with van der Waals surface area (Å²) in [6, 6.07) is 11.7. The van der Waals surface area contributed by atoms with Crippen molar-refractivity contribution < 1.29 is 9.36 Å². The lowest BCUT2D eigenvalue weighted by atomic mass is 10.1. The maximum absolute atomic E-state index is 10.7. The van der Waals surface area contributed by atoms with E-state index in [2.05, 4.69) is 46.5 Å². The van der Waals surface area contributed by atoms with E-state index in [1.807, 2.05) is 65.3 Å². The Morgan fingerprint density at radius 1 is 0.742 bits per heavy atom. The first kappa shape index (κ1) is 33.4. The number of carbonyl (C=O) groups is 1. The Kier molecular flexibility index (Phi) is 32.3. The molecular weight excluding hydrogens is 382 g/mol. The number of piperidine rings is 1. The van der Waals surface area contributed by atoms with Gasteiger partial charge in [-0.15, -0.1) is 0 Å². The van der Waals surface area contributed by atoms with Crippen LogP contribution < -0.4 is 4.57 Å². The second-order valence-corrected chi connectivity index (χ2v) is 7.25. The number of pyridine rings is 2. The van der Waals surface area contributed by atoms with E-state index in [0.29, 0.717) is 0 Å². The van der Waals surface area contributed by atoms with Crippen molar-refractivity contribution in [1.29, 1.82) is 0 Å². The summed E-state index contributed by atoms with van der Waals surface area (Å²) in [6.45, 7) is 16.4. The van der Waals surface area contributed by atoms with Gasteiger partial charge in [-0.3, -0.25) is 9.78 Å². The van der Waals surface area contributed by atoms with Crippen LogP contribution in [-0.2, 0) is 11.8 Å². The van der Waals surface area contributed by atoms with Crippen LogP contribution in [0.5, 0.6) is 0 Å². The van der Waals surface area contributed by atoms with Crippen LogP contribution in [0.4, 0.5) is 0 Å². The molecule has 0 spiro atoms. The number of hydrogen-bond donors (Lipinski definition) is 0. The van der Waals surface area contributed by atoms with Crippen LogP contribution in [0.15, 0.2) is 61.2 Å². The molecule has 4 nitrogen and oxygen atoms in total. The Balaban J connectivity index is -0.000000323. The molecule has 4 heteroatoms. The third kappa shape index (κ3) is 32.6. The summed E-state index contributed by atoms with van der Waals surface area (Å²) < 4.78 is 2.00. The van der Waals surface area contributed by atoms with E-state index in [0.717, 1.165) is 13.1 Å². The fourth-order valence-corrected chi connectivity index (χ4v) is 2.01. The molecule has 1 saturated heterocycles. The fraction of sp³-hybridized carbons (Fsp3) is 0.593. The second kappa shape index (κ2) is 30.0. The second-order valence-electron chi connectivity index (χ2n) is 7.25. The molecule has 0 bridgehead atoms. The first-order valence-corrected chi connectivity index (χ1v) is 11.9. The van der Waals surface area contributed by atoms with E-state index in [9.17, 15) is 4.79 Å². The zero-order valence-electron chi connectivity index (χ0n) is 21.7. The lowest BCUT2D eigenvalue weighted by Gasteiger charge is -2.24. The third-order valence-corrected chi connectivity index (χ3v) is 3.23. The van der Waals surface area contributed by atoms with Crippen molar-refractivity contribution in [1.82, 2.24) is 9.88 Å². The molecule has 1 amide bonds. The lowest BCUT2D eigenvalue weighted by Crippen LogP contribution is -2.33. The third-order valence-electron chi connectivity index (χ3n) is 3.23. The molecule has 0 atom stereocenters. The smallest absolute Gasteiger partial charge is 0.219 e. The predicted molar refractivity (Wildman–Crippen MR) is 136 cm³/mol. The molecule has 0 unspecified atom stereocenters. The molecule has 2 aromatic rings. The van der Waals surface area contributed by atoms with Gasteiger partial charge in [0.05, 0.1) is 0 Å².